The van der Waals surface area contributed by atoms with Crippen molar-refractivity contribution >= 4 is 11.7 Å². The normalized spacial score (nSPS) is 23.5. The molecule has 152 valence electrons. The number of ether oxygens (including phenoxy) is 1. The summed E-state index contributed by atoms with van der Waals surface area (Å²) in [6.07, 6.45) is 8.90. The molecule has 2 aliphatic heterocycles. The van der Waals surface area contributed by atoms with E-state index in [1.54, 1.807) is 7.11 Å². The first-order valence-electron chi connectivity index (χ1n) is 10.6. The van der Waals surface area contributed by atoms with Crippen molar-refractivity contribution in [2.24, 2.45) is 11.8 Å². The zero-order valence-corrected chi connectivity index (χ0v) is 16.8. The molecule has 6 nitrogen and oxygen atoms in total. The molecule has 0 unspecified atom stereocenters. The van der Waals surface area contributed by atoms with E-state index >= 15 is 0 Å². The second-order valence-corrected chi connectivity index (χ2v) is 8.31. The molecular weight excluding hydrogens is 366 g/mol. The molecule has 2 aromatic rings. The monoisotopic (exact) mass is 393 g/mol. The summed E-state index contributed by atoms with van der Waals surface area (Å²) >= 11 is 0. The lowest BCUT2D eigenvalue weighted by molar-refractivity contribution is 0.0785. The molecule has 6 heteroatoms. The minimum Gasteiger partial charge on any atom is -0.497 e. The summed E-state index contributed by atoms with van der Waals surface area (Å²) < 4.78 is 11.0. The van der Waals surface area contributed by atoms with Crippen molar-refractivity contribution < 1.29 is 14.1 Å². The Hall–Kier alpha value is -2.76. The first kappa shape index (κ1) is 18.3. The average molecular weight is 393 g/mol. The van der Waals surface area contributed by atoms with Crippen molar-refractivity contribution in [3.05, 3.63) is 42.0 Å². The van der Waals surface area contributed by atoms with Gasteiger partial charge >= 0.3 is 0 Å². The Morgan fingerprint density at radius 3 is 2.34 bits per heavy atom. The van der Waals surface area contributed by atoms with Crippen LogP contribution in [0, 0.1) is 11.8 Å². The lowest BCUT2D eigenvalue weighted by atomic mass is 9.86. The molecule has 0 bridgehead atoms. The van der Waals surface area contributed by atoms with Gasteiger partial charge in [0, 0.05) is 31.7 Å². The van der Waals surface area contributed by atoms with E-state index in [4.69, 9.17) is 9.26 Å². The third-order valence-corrected chi connectivity index (χ3v) is 6.55. The van der Waals surface area contributed by atoms with Gasteiger partial charge in [0.1, 0.15) is 11.3 Å². The van der Waals surface area contributed by atoms with Crippen molar-refractivity contribution in [1.29, 1.82) is 0 Å². The van der Waals surface area contributed by atoms with Crippen LogP contribution in [0.2, 0.25) is 0 Å². The maximum absolute atomic E-state index is 13.7. The Balaban J connectivity index is 1.50. The quantitative estimate of drug-likeness (QED) is 0.735. The van der Waals surface area contributed by atoms with E-state index in [0.717, 1.165) is 63.2 Å². The molecule has 1 amide bonds. The van der Waals surface area contributed by atoms with Gasteiger partial charge in [-0.1, -0.05) is 17.3 Å². The summed E-state index contributed by atoms with van der Waals surface area (Å²) in [6.45, 7) is 3.48. The number of fused-ring (bicyclic) bond motifs is 1. The molecule has 1 aliphatic carbocycles. The smallest absolute Gasteiger partial charge is 0.261 e. The number of nitrogens with zero attached hydrogens (tertiary/aromatic N) is 3. The fraction of sp³-hybridized carbons (Fsp3) is 0.478. The van der Waals surface area contributed by atoms with Crippen LogP contribution in [0.5, 0.6) is 5.75 Å². The molecule has 0 N–H and O–H groups in total. The van der Waals surface area contributed by atoms with Gasteiger partial charge in [-0.3, -0.25) is 4.79 Å². The van der Waals surface area contributed by atoms with E-state index in [2.05, 4.69) is 22.2 Å². The van der Waals surface area contributed by atoms with Gasteiger partial charge in [0.05, 0.1) is 7.11 Å². The molecule has 0 saturated carbocycles. The number of amides is 1. The van der Waals surface area contributed by atoms with Gasteiger partial charge in [-0.25, -0.2) is 0 Å². The van der Waals surface area contributed by atoms with Crippen LogP contribution < -0.4 is 9.64 Å². The van der Waals surface area contributed by atoms with Crippen molar-refractivity contribution in [2.45, 2.75) is 25.7 Å². The van der Waals surface area contributed by atoms with Gasteiger partial charge in [0.15, 0.2) is 11.6 Å². The van der Waals surface area contributed by atoms with E-state index in [1.807, 2.05) is 29.2 Å². The summed E-state index contributed by atoms with van der Waals surface area (Å²) in [5.41, 5.74) is 1.47. The number of likely N-dealkylation sites (tertiary alicyclic amines) is 1. The molecule has 1 aromatic heterocycles. The second kappa shape index (κ2) is 7.58. The third-order valence-electron chi connectivity index (χ3n) is 6.55. The zero-order valence-electron chi connectivity index (χ0n) is 16.8. The zero-order chi connectivity index (χ0) is 19.8. The average Bonchev–Trinajstić information content (AvgIpc) is 3.51. The van der Waals surface area contributed by atoms with Crippen LogP contribution in [-0.4, -0.2) is 49.3 Å². The van der Waals surface area contributed by atoms with Gasteiger partial charge in [0.25, 0.3) is 5.91 Å². The minimum atomic E-state index is 0.0494. The van der Waals surface area contributed by atoms with E-state index in [9.17, 15) is 4.79 Å². The fourth-order valence-corrected chi connectivity index (χ4v) is 4.90. The molecule has 5 rings (SSSR count). The van der Waals surface area contributed by atoms with Crippen LogP contribution in [0.15, 0.2) is 40.9 Å². The second-order valence-electron chi connectivity index (χ2n) is 8.31. The SMILES string of the molecule is COc1ccc(-c2onc(N3CCCC3)c2C(=O)N2C[C@H]3CC=CC[C@H]3C2)cc1. The van der Waals surface area contributed by atoms with Crippen LogP contribution in [-0.2, 0) is 0 Å². The van der Waals surface area contributed by atoms with E-state index < -0.39 is 0 Å². The molecule has 2 saturated heterocycles. The lowest BCUT2D eigenvalue weighted by Gasteiger charge is -2.20. The van der Waals surface area contributed by atoms with Gasteiger partial charge in [-0.2, -0.15) is 0 Å². The van der Waals surface area contributed by atoms with Crippen LogP contribution in [0.1, 0.15) is 36.0 Å². The lowest BCUT2D eigenvalue weighted by Crippen LogP contribution is -2.31. The maximum Gasteiger partial charge on any atom is 0.261 e. The molecule has 2 fully saturated rings. The van der Waals surface area contributed by atoms with Gasteiger partial charge in [-0.15, -0.1) is 0 Å². The first-order valence-corrected chi connectivity index (χ1v) is 10.6. The van der Waals surface area contributed by atoms with Gasteiger partial charge in [0.2, 0.25) is 0 Å². The molecule has 3 aliphatic rings. The standard InChI is InChI=1S/C23H27N3O3/c1-28-19-10-8-16(9-11-19)21-20(22(24-29-21)25-12-4-5-13-25)23(27)26-14-17-6-2-3-7-18(17)15-26/h2-3,8-11,17-18H,4-7,12-15H2,1H3/t17-,18+. The Bertz CT molecular complexity index is 896. The van der Waals surface area contributed by atoms with Crippen molar-refractivity contribution in [2.75, 3.05) is 38.2 Å². The van der Waals surface area contributed by atoms with Crippen LogP contribution in [0.3, 0.4) is 0 Å². The molecule has 3 heterocycles. The van der Waals surface area contributed by atoms with Gasteiger partial charge in [-0.05, 0) is 61.8 Å². The number of rotatable bonds is 4. The highest BCUT2D eigenvalue weighted by Crippen LogP contribution is 2.38. The summed E-state index contributed by atoms with van der Waals surface area (Å²) in [5.74, 6) is 3.23. The highest BCUT2D eigenvalue weighted by molar-refractivity contribution is 6.04. The highest BCUT2D eigenvalue weighted by Gasteiger charge is 2.39. The van der Waals surface area contributed by atoms with E-state index in [-0.39, 0.29) is 5.91 Å². The predicted molar refractivity (Wildman–Crippen MR) is 111 cm³/mol. The first-order chi connectivity index (χ1) is 14.2. The largest absolute Gasteiger partial charge is 0.497 e. The Kier molecular flexibility index (Phi) is 4.78. The molecule has 0 radical (unpaired) electrons. The van der Waals surface area contributed by atoms with E-state index in [1.165, 1.54) is 0 Å². The molecular formula is C23H27N3O3. The highest BCUT2D eigenvalue weighted by atomic mass is 16.5. The Morgan fingerprint density at radius 2 is 1.72 bits per heavy atom. The summed E-state index contributed by atoms with van der Waals surface area (Å²) in [5, 5.41) is 4.36. The number of carbonyl (C=O) groups excluding carboxylic acids is 1. The summed E-state index contributed by atoms with van der Waals surface area (Å²) in [6, 6.07) is 7.63. The molecule has 2 atom stereocenters. The van der Waals surface area contributed by atoms with Gasteiger partial charge < -0.3 is 19.1 Å². The number of methoxy groups -OCH3 is 1. The Labute approximate surface area is 171 Å². The fourth-order valence-electron chi connectivity index (χ4n) is 4.90. The van der Waals surface area contributed by atoms with Crippen molar-refractivity contribution in [3.63, 3.8) is 0 Å². The van der Waals surface area contributed by atoms with Crippen LogP contribution in [0.25, 0.3) is 11.3 Å². The minimum absolute atomic E-state index is 0.0494. The molecule has 29 heavy (non-hydrogen) atoms. The molecule has 0 spiro atoms. The van der Waals surface area contributed by atoms with Crippen LogP contribution >= 0.6 is 0 Å². The number of allylic oxidation sites excluding steroid dienone is 2. The van der Waals surface area contributed by atoms with Crippen molar-refractivity contribution in [1.82, 2.24) is 10.1 Å². The predicted octanol–water partition coefficient (Wildman–Crippen LogP) is 3.99. The van der Waals surface area contributed by atoms with Crippen LogP contribution in [0.4, 0.5) is 5.82 Å². The number of benzene rings is 1. The summed E-state index contributed by atoms with van der Waals surface area (Å²) in [7, 11) is 1.64. The van der Waals surface area contributed by atoms with Crippen molar-refractivity contribution in [3.8, 4) is 17.1 Å². The third kappa shape index (κ3) is 3.30. The maximum atomic E-state index is 13.7. The summed E-state index contributed by atoms with van der Waals surface area (Å²) in [4.78, 5) is 17.9. The molecule has 1 aromatic carbocycles. The Morgan fingerprint density at radius 1 is 1.07 bits per heavy atom. The number of aromatic nitrogens is 1. The number of hydrogen-bond donors (Lipinski definition) is 0. The van der Waals surface area contributed by atoms with E-state index in [0.29, 0.717) is 29.0 Å². The topological polar surface area (TPSA) is 58.8 Å². The number of anilines is 1. The number of carbonyl (C=O) groups is 1. The number of hydrogen-bond acceptors (Lipinski definition) is 5.